The predicted octanol–water partition coefficient (Wildman–Crippen LogP) is 3.66. The van der Waals surface area contributed by atoms with Gasteiger partial charge in [0.2, 0.25) is 0 Å². The van der Waals surface area contributed by atoms with E-state index in [0.717, 1.165) is 17.6 Å². The van der Waals surface area contributed by atoms with Gasteiger partial charge in [-0.25, -0.2) is 0 Å². The van der Waals surface area contributed by atoms with Crippen LogP contribution in [0.2, 0.25) is 0 Å². The summed E-state index contributed by atoms with van der Waals surface area (Å²) in [5, 5.41) is 0. The van der Waals surface area contributed by atoms with Gasteiger partial charge in [0.1, 0.15) is 5.75 Å². The third-order valence-corrected chi connectivity index (χ3v) is 4.88. The average molecular weight is 276 g/mol. The molecule has 20 heavy (non-hydrogen) atoms. The number of methoxy groups -OCH3 is 1. The molecular weight excluding hydrogens is 248 g/mol. The molecule has 3 N–H and O–H groups in total. The zero-order valence-corrected chi connectivity index (χ0v) is 12.9. The Labute approximate surface area is 122 Å². The highest BCUT2D eigenvalue weighted by molar-refractivity contribution is 5.36. The van der Waals surface area contributed by atoms with Crippen molar-refractivity contribution in [1.82, 2.24) is 5.43 Å². The van der Waals surface area contributed by atoms with Gasteiger partial charge in [-0.2, -0.15) is 0 Å². The second-order valence-electron chi connectivity index (χ2n) is 6.31. The maximum atomic E-state index is 5.85. The van der Waals surface area contributed by atoms with E-state index in [-0.39, 0.29) is 6.04 Å². The van der Waals surface area contributed by atoms with Crippen LogP contribution < -0.4 is 16.0 Å². The molecule has 3 nitrogen and oxygen atoms in total. The Hall–Kier alpha value is -1.06. The molecule has 0 aromatic heterocycles. The minimum absolute atomic E-state index is 0.194. The fourth-order valence-corrected chi connectivity index (χ4v) is 3.55. The number of rotatable bonds is 5. The van der Waals surface area contributed by atoms with Gasteiger partial charge >= 0.3 is 0 Å². The molecule has 0 spiro atoms. The monoisotopic (exact) mass is 276 g/mol. The number of benzene rings is 1. The van der Waals surface area contributed by atoms with Gasteiger partial charge in [-0.1, -0.05) is 32.0 Å². The second kappa shape index (κ2) is 7.09. The Bertz CT molecular complexity index is 411. The van der Waals surface area contributed by atoms with Gasteiger partial charge in [0, 0.05) is 5.56 Å². The fourth-order valence-electron chi connectivity index (χ4n) is 3.55. The van der Waals surface area contributed by atoms with Crippen molar-refractivity contribution in [1.29, 1.82) is 0 Å². The van der Waals surface area contributed by atoms with Crippen LogP contribution in [-0.4, -0.2) is 7.11 Å². The van der Waals surface area contributed by atoms with E-state index in [0.29, 0.717) is 5.92 Å². The van der Waals surface area contributed by atoms with Crippen LogP contribution in [0.4, 0.5) is 0 Å². The molecule has 1 aliphatic rings. The standard InChI is InChI=1S/C17H28N2O/c1-12(2)13-8-10-14(11-9-13)17(19-18)15-6-4-5-7-16(15)20-3/h4-7,12-14,17,19H,8-11,18H2,1-3H3. The molecule has 1 aromatic carbocycles. The Morgan fingerprint density at radius 1 is 1.10 bits per heavy atom. The lowest BCUT2D eigenvalue weighted by Gasteiger charge is -2.35. The van der Waals surface area contributed by atoms with Crippen molar-refractivity contribution >= 4 is 0 Å². The largest absolute Gasteiger partial charge is 0.496 e. The number of ether oxygens (including phenoxy) is 1. The summed E-state index contributed by atoms with van der Waals surface area (Å²) in [4.78, 5) is 0. The highest BCUT2D eigenvalue weighted by Gasteiger charge is 2.30. The van der Waals surface area contributed by atoms with Crippen LogP contribution in [-0.2, 0) is 0 Å². The molecule has 0 bridgehead atoms. The maximum absolute atomic E-state index is 5.85. The summed E-state index contributed by atoms with van der Waals surface area (Å²) in [7, 11) is 1.72. The first-order valence-electron chi connectivity index (χ1n) is 7.76. The van der Waals surface area contributed by atoms with Crippen molar-refractivity contribution in [3.63, 3.8) is 0 Å². The molecule has 2 rings (SSSR count). The minimum Gasteiger partial charge on any atom is -0.496 e. The van der Waals surface area contributed by atoms with Crippen LogP contribution >= 0.6 is 0 Å². The topological polar surface area (TPSA) is 47.3 Å². The molecule has 1 unspecified atom stereocenters. The smallest absolute Gasteiger partial charge is 0.123 e. The lowest BCUT2D eigenvalue weighted by atomic mass is 9.73. The fraction of sp³-hybridized carbons (Fsp3) is 0.647. The molecule has 1 fully saturated rings. The van der Waals surface area contributed by atoms with Crippen LogP contribution in [0.25, 0.3) is 0 Å². The van der Waals surface area contributed by atoms with E-state index in [9.17, 15) is 0 Å². The molecule has 1 aliphatic carbocycles. The van der Waals surface area contributed by atoms with Gasteiger partial charge in [0.05, 0.1) is 13.2 Å². The van der Waals surface area contributed by atoms with E-state index in [2.05, 4.69) is 31.4 Å². The van der Waals surface area contributed by atoms with E-state index < -0.39 is 0 Å². The van der Waals surface area contributed by atoms with Gasteiger partial charge in [0.15, 0.2) is 0 Å². The summed E-state index contributed by atoms with van der Waals surface area (Å²) >= 11 is 0. The first-order chi connectivity index (χ1) is 9.67. The average Bonchev–Trinajstić information content (AvgIpc) is 2.49. The first kappa shape index (κ1) is 15.3. The number of para-hydroxylation sites is 1. The van der Waals surface area contributed by atoms with Gasteiger partial charge in [0.25, 0.3) is 0 Å². The number of hydrogen-bond acceptors (Lipinski definition) is 3. The molecule has 1 atom stereocenters. The molecular formula is C17H28N2O. The first-order valence-corrected chi connectivity index (χ1v) is 7.76. The second-order valence-corrected chi connectivity index (χ2v) is 6.31. The third kappa shape index (κ3) is 3.33. The molecule has 3 heteroatoms. The Balaban J connectivity index is 2.09. The quantitative estimate of drug-likeness (QED) is 0.637. The lowest BCUT2D eigenvalue weighted by molar-refractivity contribution is 0.187. The summed E-state index contributed by atoms with van der Waals surface area (Å²) in [5.41, 5.74) is 4.21. The van der Waals surface area contributed by atoms with E-state index in [4.69, 9.17) is 10.6 Å². The maximum Gasteiger partial charge on any atom is 0.123 e. The molecule has 0 saturated heterocycles. The number of hydrogen-bond donors (Lipinski definition) is 2. The summed E-state index contributed by atoms with van der Waals surface area (Å²) in [6.07, 6.45) is 5.12. The zero-order chi connectivity index (χ0) is 14.5. The van der Waals surface area contributed by atoms with Gasteiger partial charge in [-0.3, -0.25) is 11.3 Å². The summed E-state index contributed by atoms with van der Waals surface area (Å²) in [5.74, 6) is 9.06. The number of nitrogens with two attached hydrogens (primary N) is 1. The van der Waals surface area contributed by atoms with Crippen molar-refractivity contribution in [2.75, 3.05) is 7.11 Å². The van der Waals surface area contributed by atoms with Gasteiger partial charge in [-0.15, -0.1) is 0 Å². The van der Waals surface area contributed by atoms with Crippen molar-refractivity contribution in [2.45, 2.75) is 45.6 Å². The van der Waals surface area contributed by atoms with Crippen LogP contribution in [0.15, 0.2) is 24.3 Å². The molecule has 112 valence electrons. The van der Waals surface area contributed by atoms with E-state index in [1.807, 2.05) is 12.1 Å². The van der Waals surface area contributed by atoms with Crippen molar-refractivity contribution in [3.05, 3.63) is 29.8 Å². The molecule has 0 heterocycles. The highest BCUT2D eigenvalue weighted by Crippen LogP contribution is 2.40. The molecule has 0 aliphatic heterocycles. The Morgan fingerprint density at radius 3 is 2.25 bits per heavy atom. The molecule has 1 saturated carbocycles. The summed E-state index contributed by atoms with van der Waals surface area (Å²) < 4.78 is 5.48. The summed E-state index contributed by atoms with van der Waals surface area (Å²) in [6.45, 7) is 4.67. The van der Waals surface area contributed by atoms with Crippen LogP contribution in [0.3, 0.4) is 0 Å². The normalized spacial score (nSPS) is 24.6. The molecule has 1 aromatic rings. The molecule has 0 amide bonds. The van der Waals surface area contributed by atoms with Crippen molar-refractivity contribution in [3.8, 4) is 5.75 Å². The SMILES string of the molecule is COc1ccccc1C(NN)C1CCC(C(C)C)CC1. The van der Waals surface area contributed by atoms with Crippen LogP contribution in [0.5, 0.6) is 5.75 Å². The van der Waals surface area contributed by atoms with Gasteiger partial charge in [-0.05, 0) is 49.5 Å². The minimum atomic E-state index is 0.194. The van der Waals surface area contributed by atoms with Gasteiger partial charge < -0.3 is 4.74 Å². The third-order valence-electron chi connectivity index (χ3n) is 4.88. The van der Waals surface area contributed by atoms with E-state index >= 15 is 0 Å². The number of nitrogens with one attached hydrogen (secondary N) is 1. The number of hydrazine groups is 1. The molecule has 0 radical (unpaired) electrons. The predicted molar refractivity (Wildman–Crippen MR) is 83.3 cm³/mol. The van der Waals surface area contributed by atoms with Crippen LogP contribution in [0.1, 0.15) is 51.1 Å². The Morgan fingerprint density at radius 2 is 1.70 bits per heavy atom. The van der Waals surface area contributed by atoms with E-state index in [1.165, 1.54) is 31.2 Å². The van der Waals surface area contributed by atoms with Crippen molar-refractivity contribution < 1.29 is 4.74 Å². The highest BCUT2D eigenvalue weighted by atomic mass is 16.5. The zero-order valence-electron chi connectivity index (χ0n) is 12.9. The summed E-state index contributed by atoms with van der Waals surface area (Å²) in [6, 6.07) is 8.39. The van der Waals surface area contributed by atoms with Crippen LogP contribution in [0, 0.1) is 17.8 Å². The van der Waals surface area contributed by atoms with E-state index in [1.54, 1.807) is 7.11 Å². The lowest BCUT2D eigenvalue weighted by Crippen LogP contribution is -2.36. The Kier molecular flexibility index (Phi) is 5.44. The van der Waals surface area contributed by atoms with Crippen molar-refractivity contribution in [2.24, 2.45) is 23.6 Å².